The molecule has 0 aromatic carbocycles. The van der Waals surface area contributed by atoms with Crippen molar-refractivity contribution >= 4 is 5.91 Å². The molecule has 0 radical (unpaired) electrons. The van der Waals surface area contributed by atoms with Crippen LogP contribution in [0.2, 0.25) is 0 Å². The standard InChI is InChI=1S/C10H21NO3/c1-6-14-10(3,4)7-11-9(12)8(2)13-5/h8H,6-7H2,1-5H3,(H,11,12). The van der Waals surface area contributed by atoms with Crippen molar-refractivity contribution in [1.82, 2.24) is 5.32 Å². The first kappa shape index (κ1) is 13.4. The average Bonchev–Trinajstić information content (AvgIpc) is 2.13. The summed E-state index contributed by atoms with van der Waals surface area (Å²) in [4.78, 5) is 11.3. The Morgan fingerprint density at radius 2 is 2.07 bits per heavy atom. The molecule has 0 aliphatic carbocycles. The van der Waals surface area contributed by atoms with Crippen molar-refractivity contribution in [3.63, 3.8) is 0 Å². The second kappa shape index (κ2) is 5.98. The van der Waals surface area contributed by atoms with Crippen LogP contribution in [0.25, 0.3) is 0 Å². The Kier molecular flexibility index (Phi) is 5.72. The molecule has 1 atom stereocenters. The summed E-state index contributed by atoms with van der Waals surface area (Å²) < 4.78 is 10.3. The molecule has 0 aromatic rings. The summed E-state index contributed by atoms with van der Waals surface area (Å²) in [5.74, 6) is -0.111. The summed E-state index contributed by atoms with van der Waals surface area (Å²) in [6.07, 6.45) is -0.410. The van der Waals surface area contributed by atoms with Gasteiger partial charge in [0.1, 0.15) is 6.10 Å². The molecule has 1 amide bonds. The smallest absolute Gasteiger partial charge is 0.248 e. The lowest BCUT2D eigenvalue weighted by Gasteiger charge is -2.25. The van der Waals surface area contributed by atoms with Gasteiger partial charge in [0.15, 0.2) is 0 Å². The van der Waals surface area contributed by atoms with E-state index in [0.717, 1.165) is 0 Å². The lowest BCUT2D eigenvalue weighted by molar-refractivity contribution is -0.131. The fourth-order valence-electron chi connectivity index (χ4n) is 0.993. The Bertz CT molecular complexity index is 180. The molecule has 0 aliphatic heterocycles. The molecule has 14 heavy (non-hydrogen) atoms. The summed E-state index contributed by atoms with van der Waals surface area (Å²) in [5, 5.41) is 2.77. The number of hydrogen-bond donors (Lipinski definition) is 1. The molecule has 0 aliphatic rings. The normalized spacial score (nSPS) is 13.8. The topological polar surface area (TPSA) is 47.6 Å². The van der Waals surface area contributed by atoms with Crippen LogP contribution in [0.3, 0.4) is 0 Å². The third kappa shape index (κ3) is 5.19. The van der Waals surface area contributed by atoms with Gasteiger partial charge in [0, 0.05) is 20.3 Å². The van der Waals surface area contributed by atoms with E-state index < -0.39 is 6.10 Å². The fourth-order valence-corrected chi connectivity index (χ4v) is 0.993. The monoisotopic (exact) mass is 203 g/mol. The second-order valence-corrected chi connectivity index (χ2v) is 3.79. The molecule has 0 saturated carbocycles. The van der Waals surface area contributed by atoms with Gasteiger partial charge >= 0.3 is 0 Å². The maximum atomic E-state index is 11.3. The van der Waals surface area contributed by atoms with Crippen molar-refractivity contribution in [3.8, 4) is 0 Å². The van der Waals surface area contributed by atoms with Crippen LogP contribution in [0.15, 0.2) is 0 Å². The van der Waals surface area contributed by atoms with Crippen LogP contribution in [-0.2, 0) is 14.3 Å². The Balaban J connectivity index is 3.87. The highest BCUT2D eigenvalue weighted by molar-refractivity contribution is 5.80. The van der Waals surface area contributed by atoms with E-state index in [0.29, 0.717) is 13.2 Å². The van der Waals surface area contributed by atoms with Crippen molar-refractivity contribution in [2.45, 2.75) is 39.4 Å². The van der Waals surface area contributed by atoms with Gasteiger partial charge < -0.3 is 14.8 Å². The summed E-state index contributed by atoms with van der Waals surface area (Å²) in [5.41, 5.74) is -0.322. The van der Waals surface area contributed by atoms with E-state index in [1.165, 1.54) is 7.11 Å². The van der Waals surface area contributed by atoms with Crippen LogP contribution < -0.4 is 5.32 Å². The summed E-state index contributed by atoms with van der Waals surface area (Å²) in [7, 11) is 1.51. The molecule has 1 N–H and O–H groups in total. The predicted molar refractivity (Wildman–Crippen MR) is 55.2 cm³/mol. The summed E-state index contributed by atoms with van der Waals surface area (Å²) in [6, 6.07) is 0. The van der Waals surface area contributed by atoms with Gasteiger partial charge in [0.05, 0.1) is 5.60 Å². The SMILES string of the molecule is CCOC(C)(C)CNC(=O)C(C)OC. The predicted octanol–water partition coefficient (Wildman–Crippen LogP) is 0.953. The number of ether oxygens (including phenoxy) is 2. The first-order valence-corrected chi connectivity index (χ1v) is 4.87. The van der Waals surface area contributed by atoms with Crippen LogP contribution in [0.5, 0.6) is 0 Å². The first-order valence-electron chi connectivity index (χ1n) is 4.87. The molecule has 0 fully saturated rings. The molecule has 0 spiro atoms. The zero-order chi connectivity index (χ0) is 11.2. The van der Waals surface area contributed by atoms with Crippen LogP contribution in [0.4, 0.5) is 0 Å². The van der Waals surface area contributed by atoms with Crippen molar-refractivity contribution in [2.24, 2.45) is 0 Å². The zero-order valence-corrected chi connectivity index (χ0v) is 9.72. The van der Waals surface area contributed by atoms with Crippen LogP contribution in [0, 0.1) is 0 Å². The van der Waals surface area contributed by atoms with Gasteiger partial charge in [-0.05, 0) is 27.7 Å². The highest BCUT2D eigenvalue weighted by atomic mass is 16.5. The van der Waals surface area contributed by atoms with Gasteiger partial charge in [-0.15, -0.1) is 0 Å². The molecule has 0 bridgehead atoms. The van der Waals surface area contributed by atoms with E-state index in [1.54, 1.807) is 6.92 Å². The van der Waals surface area contributed by atoms with Gasteiger partial charge in [0.2, 0.25) is 5.91 Å². The number of amides is 1. The van der Waals surface area contributed by atoms with Crippen molar-refractivity contribution < 1.29 is 14.3 Å². The minimum Gasteiger partial charge on any atom is -0.374 e. The van der Waals surface area contributed by atoms with Crippen LogP contribution in [0.1, 0.15) is 27.7 Å². The van der Waals surface area contributed by atoms with E-state index in [2.05, 4.69) is 5.32 Å². The largest absolute Gasteiger partial charge is 0.374 e. The van der Waals surface area contributed by atoms with Crippen molar-refractivity contribution in [3.05, 3.63) is 0 Å². The first-order chi connectivity index (χ1) is 6.43. The molecule has 4 nitrogen and oxygen atoms in total. The highest BCUT2D eigenvalue weighted by Gasteiger charge is 2.20. The average molecular weight is 203 g/mol. The maximum absolute atomic E-state index is 11.3. The van der Waals surface area contributed by atoms with E-state index in [4.69, 9.17) is 9.47 Å². The maximum Gasteiger partial charge on any atom is 0.248 e. The molecule has 0 saturated heterocycles. The molecule has 84 valence electrons. The number of carbonyl (C=O) groups is 1. The van der Waals surface area contributed by atoms with E-state index in [9.17, 15) is 4.79 Å². The minimum absolute atomic E-state index is 0.111. The van der Waals surface area contributed by atoms with Crippen molar-refractivity contribution in [2.75, 3.05) is 20.3 Å². The Morgan fingerprint density at radius 3 is 2.50 bits per heavy atom. The molecule has 0 aromatic heterocycles. The Labute approximate surface area is 86.0 Å². The van der Waals surface area contributed by atoms with E-state index in [-0.39, 0.29) is 11.5 Å². The van der Waals surface area contributed by atoms with Gasteiger partial charge in [0.25, 0.3) is 0 Å². The molecular formula is C10H21NO3. The number of hydrogen-bond acceptors (Lipinski definition) is 3. The number of nitrogens with one attached hydrogen (secondary N) is 1. The summed E-state index contributed by atoms with van der Waals surface area (Å²) >= 11 is 0. The summed E-state index contributed by atoms with van der Waals surface area (Å²) in [6.45, 7) is 8.66. The van der Waals surface area contributed by atoms with Gasteiger partial charge in [-0.25, -0.2) is 0 Å². The van der Waals surface area contributed by atoms with Crippen LogP contribution in [-0.4, -0.2) is 37.9 Å². The minimum atomic E-state index is -0.410. The fraction of sp³-hybridized carbons (Fsp3) is 0.900. The molecule has 1 unspecified atom stereocenters. The quantitative estimate of drug-likeness (QED) is 0.699. The van der Waals surface area contributed by atoms with E-state index in [1.807, 2.05) is 20.8 Å². The lowest BCUT2D eigenvalue weighted by Crippen LogP contribution is -2.44. The molecule has 0 rings (SSSR count). The van der Waals surface area contributed by atoms with Gasteiger partial charge in [-0.3, -0.25) is 4.79 Å². The Hall–Kier alpha value is -0.610. The third-order valence-electron chi connectivity index (χ3n) is 1.95. The molecular weight excluding hydrogens is 182 g/mol. The number of rotatable bonds is 6. The molecule has 0 heterocycles. The van der Waals surface area contributed by atoms with E-state index >= 15 is 0 Å². The van der Waals surface area contributed by atoms with Gasteiger partial charge in [-0.2, -0.15) is 0 Å². The lowest BCUT2D eigenvalue weighted by atomic mass is 10.1. The highest BCUT2D eigenvalue weighted by Crippen LogP contribution is 2.06. The Morgan fingerprint density at radius 1 is 1.50 bits per heavy atom. The molecule has 4 heteroatoms. The zero-order valence-electron chi connectivity index (χ0n) is 9.72. The second-order valence-electron chi connectivity index (χ2n) is 3.79. The number of carbonyl (C=O) groups excluding carboxylic acids is 1. The van der Waals surface area contributed by atoms with Crippen LogP contribution >= 0.6 is 0 Å². The van der Waals surface area contributed by atoms with Gasteiger partial charge in [-0.1, -0.05) is 0 Å². The number of methoxy groups -OCH3 is 1. The van der Waals surface area contributed by atoms with Crippen molar-refractivity contribution in [1.29, 1.82) is 0 Å². The third-order valence-corrected chi connectivity index (χ3v) is 1.95.